The van der Waals surface area contributed by atoms with Crippen LogP contribution in [-0.2, 0) is 6.54 Å². The summed E-state index contributed by atoms with van der Waals surface area (Å²) in [7, 11) is 0. The van der Waals surface area contributed by atoms with Gasteiger partial charge in [-0.3, -0.25) is 4.68 Å². The number of nitrogens with zero attached hydrogens (tertiary/aromatic N) is 3. The molecule has 1 aromatic rings. The van der Waals surface area contributed by atoms with E-state index in [2.05, 4.69) is 10.3 Å². The largest absolute Gasteiger partial charge is 0.253 e. The molecule has 0 fully saturated rings. The molecule has 4 heteroatoms. The van der Waals surface area contributed by atoms with E-state index in [0.29, 0.717) is 0 Å². The zero-order valence-electron chi connectivity index (χ0n) is 6.79. The molecule has 1 aromatic heterocycles. The third kappa shape index (κ3) is 1.93. The maximum absolute atomic E-state index is 5.95. The number of aryl methyl sites for hydroxylation is 1. The van der Waals surface area contributed by atoms with Gasteiger partial charge in [0.05, 0.1) is 5.38 Å². The zero-order valence-corrected chi connectivity index (χ0v) is 7.54. The Morgan fingerprint density at radius 1 is 1.64 bits per heavy atom. The quantitative estimate of drug-likeness (QED) is 0.655. The Morgan fingerprint density at radius 2 is 2.36 bits per heavy atom. The third-order valence-corrected chi connectivity index (χ3v) is 2.09. The van der Waals surface area contributed by atoms with Crippen molar-refractivity contribution in [1.82, 2.24) is 15.0 Å². The molecule has 0 N–H and O–H groups in total. The van der Waals surface area contributed by atoms with Crippen molar-refractivity contribution < 1.29 is 0 Å². The van der Waals surface area contributed by atoms with Gasteiger partial charge in [-0.2, -0.15) is 0 Å². The monoisotopic (exact) mass is 173 g/mol. The molecule has 0 radical (unpaired) electrons. The molecule has 1 heterocycles. The van der Waals surface area contributed by atoms with Crippen LogP contribution >= 0.6 is 11.6 Å². The molecule has 0 amide bonds. The van der Waals surface area contributed by atoms with E-state index in [1.165, 1.54) is 0 Å². The van der Waals surface area contributed by atoms with Crippen LogP contribution in [0.3, 0.4) is 0 Å². The minimum absolute atomic E-state index is 0.00954. The summed E-state index contributed by atoms with van der Waals surface area (Å²) in [5, 5.41) is 7.83. The normalized spacial score (nSPS) is 13.4. The van der Waals surface area contributed by atoms with Gasteiger partial charge in [0.15, 0.2) is 0 Å². The van der Waals surface area contributed by atoms with Crippen LogP contribution in [0.25, 0.3) is 0 Å². The molecule has 0 aliphatic rings. The molecule has 0 saturated carbocycles. The first-order chi connectivity index (χ1) is 5.27. The van der Waals surface area contributed by atoms with E-state index in [4.69, 9.17) is 11.6 Å². The van der Waals surface area contributed by atoms with Gasteiger partial charge in [0, 0.05) is 12.7 Å². The minimum atomic E-state index is 0.00954. The molecule has 62 valence electrons. The first kappa shape index (κ1) is 8.53. The second-order valence-corrected chi connectivity index (χ2v) is 2.90. The lowest BCUT2D eigenvalue weighted by Gasteiger charge is -1.97. The van der Waals surface area contributed by atoms with Gasteiger partial charge in [0.1, 0.15) is 5.69 Å². The zero-order chi connectivity index (χ0) is 8.27. The highest BCUT2D eigenvalue weighted by Crippen LogP contribution is 2.20. The Balaban J connectivity index is 2.71. The lowest BCUT2D eigenvalue weighted by atomic mass is 10.3. The van der Waals surface area contributed by atoms with Crippen molar-refractivity contribution in [3.63, 3.8) is 0 Å². The number of hydrogen-bond donors (Lipinski definition) is 0. The van der Waals surface area contributed by atoms with Crippen LogP contribution in [0.2, 0.25) is 0 Å². The second-order valence-electron chi connectivity index (χ2n) is 2.37. The van der Waals surface area contributed by atoms with E-state index in [1.54, 1.807) is 4.68 Å². The summed E-state index contributed by atoms with van der Waals surface area (Å²) in [6.45, 7) is 4.90. The first-order valence-electron chi connectivity index (χ1n) is 3.82. The van der Waals surface area contributed by atoms with Gasteiger partial charge in [0.25, 0.3) is 0 Å². The fourth-order valence-corrected chi connectivity index (χ4v) is 0.921. The van der Waals surface area contributed by atoms with Crippen LogP contribution in [-0.4, -0.2) is 15.0 Å². The highest BCUT2D eigenvalue weighted by molar-refractivity contribution is 6.20. The van der Waals surface area contributed by atoms with Crippen LogP contribution in [0.1, 0.15) is 31.3 Å². The summed E-state index contributed by atoms with van der Waals surface area (Å²) in [5.41, 5.74) is 0.871. The van der Waals surface area contributed by atoms with Crippen molar-refractivity contribution >= 4 is 11.6 Å². The standard InChI is InChI=1S/C7H12ClN3/c1-3-6(8)7-5-11(4-2)10-9-7/h5-6H,3-4H2,1-2H3. The Kier molecular flexibility index (Phi) is 2.88. The topological polar surface area (TPSA) is 30.7 Å². The molecule has 1 unspecified atom stereocenters. The maximum Gasteiger partial charge on any atom is 0.100 e. The predicted octanol–water partition coefficient (Wildman–Crippen LogP) is 1.99. The van der Waals surface area contributed by atoms with Crippen LogP contribution in [0.5, 0.6) is 0 Å². The average Bonchev–Trinajstić information content (AvgIpc) is 2.50. The first-order valence-corrected chi connectivity index (χ1v) is 4.25. The van der Waals surface area contributed by atoms with Crippen molar-refractivity contribution in [3.05, 3.63) is 11.9 Å². The number of hydrogen-bond acceptors (Lipinski definition) is 2. The molecular weight excluding hydrogens is 162 g/mol. The van der Waals surface area contributed by atoms with Gasteiger partial charge in [-0.05, 0) is 13.3 Å². The fraction of sp³-hybridized carbons (Fsp3) is 0.714. The number of halogens is 1. The fourth-order valence-electron chi connectivity index (χ4n) is 0.821. The van der Waals surface area contributed by atoms with E-state index < -0.39 is 0 Å². The molecule has 11 heavy (non-hydrogen) atoms. The Hall–Kier alpha value is -0.570. The number of aromatic nitrogens is 3. The van der Waals surface area contributed by atoms with Crippen molar-refractivity contribution in [2.24, 2.45) is 0 Å². The highest BCUT2D eigenvalue weighted by atomic mass is 35.5. The van der Waals surface area contributed by atoms with Crippen LogP contribution < -0.4 is 0 Å². The van der Waals surface area contributed by atoms with Gasteiger partial charge in [-0.1, -0.05) is 12.1 Å². The van der Waals surface area contributed by atoms with Crippen LogP contribution in [0.15, 0.2) is 6.20 Å². The summed E-state index contributed by atoms with van der Waals surface area (Å²) in [6, 6.07) is 0. The van der Waals surface area contributed by atoms with Crippen LogP contribution in [0.4, 0.5) is 0 Å². The summed E-state index contributed by atoms with van der Waals surface area (Å²) in [6.07, 6.45) is 2.78. The Morgan fingerprint density at radius 3 is 2.82 bits per heavy atom. The molecule has 1 rings (SSSR count). The van der Waals surface area contributed by atoms with Gasteiger partial charge >= 0.3 is 0 Å². The van der Waals surface area contributed by atoms with Crippen molar-refractivity contribution in [3.8, 4) is 0 Å². The summed E-state index contributed by atoms with van der Waals surface area (Å²) >= 11 is 5.95. The van der Waals surface area contributed by atoms with Crippen molar-refractivity contribution in [2.75, 3.05) is 0 Å². The predicted molar refractivity (Wildman–Crippen MR) is 44.6 cm³/mol. The Bertz CT molecular complexity index is 221. The SMILES string of the molecule is CCC(Cl)c1cn(CC)nn1. The smallest absolute Gasteiger partial charge is 0.100 e. The molecule has 0 aliphatic heterocycles. The summed E-state index contributed by atoms with van der Waals surface area (Å²) < 4.78 is 1.78. The molecule has 3 nitrogen and oxygen atoms in total. The van der Waals surface area contributed by atoms with Gasteiger partial charge in [-0.15, -0.1) is 16.7 Å². The van der Waals surface area contributed by atoms with E-state index in [1.807, 2.05) is 20.0 Å². The van der Waals surface area contributed by atoms with E-state index in [0.717, 1.165) is 18.7 Å². The van der Waals surface area contributed by atoms with Gasteiger partial charge < -0.3 is 0 Å². The van der Waals surface area contributed by atoms with Crippen molar-refractivity contribution in [2.45, 2.75) is 32.2 Å². The maximum atomic E-state index is 5.95. The molecule has 1 atom stereocenters. The molecule has 0 aromatic carbocycles. The summed E-state index contributed by atoms with van der Waals surface area (Å²) in [4.78, 5) is 0. The number of rotatable bonds is 3. The third-order valence-electron chi connectivity index (χ3n) is 1.56. The lowest BCUT2D eigenvalue weighted by Crippen LogP contribution is -1.93. The molecular formula is C7H12ClN3. The number of alkyl halides is 1. The highest BCUT2D eigenvalue weighted by Gasteiger charge is 2.08. The van der Waals surface area contributed by atoms with E-state index in [-0.39, 0.29) is 5.38 Å². The second kappa shape index (κ2) is 3.72. The molecule has 0 bridgehead atoms. The van der Waals surface area contributed by atoms with Gasteiger partial charge in [-0.25, -0.2) is 0 Å². The Labute approximate surface area is 71.4 Å². The summed E-state index contributed by atoms with van der Waals surface area (Å²) in [5.74, 6) is 0. The van der Waals surface area contributed by atoms with Crippen LogP contribution in [0, 0.1) is 0 Å². The lowest BCUT2D eigenvalue weighted by molar-refractivity contribution is 0.626. The van der Waals surface area contributed by atoms with E-state index in [9.17, 15) is 0 Å². The molecule has 0 aliphatic carbocycles. The van der Waals surface area contributed by atoms with Crippen molar-refractivity contribution in [1.29, 1.82) is 0 Å². The molecule has 0 spiro atoms. The average molecular weight is 174 g/mol. The minimum Gasteiger partial charge on any atom is -0.253 e. The molecule has 0 saturated heterocycles. The van der Waals surface area contributed by atoms with E-state index >= 15 is 0 Å². The van der Waals surface area contributed by atoms with Gasteiger partial charge in [0.2, 0.25) is 0 Å².